The molecule has 3 N–H and O–H groups in total. The number of likely N-dealkylation sites (tertiary alicyclic amines) is 1. The molecule has 3 rings (SSSR count). The van der Waals surface area contributed by atoms with E-state index in [-0.39, 0.29) is 35.1 Å². The molecule has 0 unspecified atom stereocenters. The predicted octanol–water partition coefficient (Wildman–Crippen LogP) is 3.12. The van der Waals surface area contributed by atoms with Crippen LogP contribution in [0.4, 0.5) is 5.69 Å². The van der Waals surface area contributed by atoms with Crippen molar-refractivity contribution >= 4 is 23.5 Å². The topological polar surface area (TPSA) is 116 Å². The number of rotatable bonds is 6. The maximum absolute atomic E-state index is 12.7. The number of para-hydroxylation sites is 1. The summed E-state index contributed by atoms with van der Waals surface area (Å²) in [6.45, 7) is 1.28. The molecule has 0 atom stereocenters. The normalized spacial score (nSPS) is 13.9. The van der Waals surface area contributed by atoms with Crippen LogP contribution in [0.5, 0.6) is 11.5 Å². The van der Waals surface area contributed by atoms with Crippen LogP contribution in [-0.2, 0) is 4.79 Å². The van der Waals surface area contributed by atoms with Crippen molar-refractivity contribution < 1.29 is 29.3 Å². The minimum absolute atomic E-state index is 0.114. The highest BCUT2D eigenvalue weighted by Gasteiger charge is 2.19. The summed E-state index contributed by atoms with van der Waals surface area (Å²) in [5, 5.41) is 21.3. The number of ether oxygens (including phenoxy) is 1. The van der Waals surface area contributed by atoms with E-state index in [4.69, 9.17) is 9.84 Å². The van der Waals surface area contributed by atoms with E-state index >= 15 is 0 Å². The molecular formula is C22H24N2O6. The molecule has 1 aliphatic rings. The lowest BCUT2D eigenvalue weighted by molar-refractivity contribution is -0.133. The van der Waals surface area contributed by atoms with Gasteiger partial charge in [-0.1, -0.05) is 25.0 Å². The molecule has 1 fully saturated rings. The molecule has 1 saturated heterocycles. The Bertz CT molecular complexity index is 935. The Labute approximate surface area is 174 Å². The fraction of sp³-hybridized carbons (Fsp3) is 0.318. The highest BCUT2D eigenvalue weighted by molar-refractivity contribution is 6.06. The molecule has 8 nitrogen and oxygen atoms in total. The third-order valence-electron chi connectivity index (χ3n) is 4.93. The number of hydrogen-bond donors (Lipinski definition) is 3. The van der Waals surface area contributed by atoms with E-state index < -0.39 is 17.6 Å². The molecule has 1 heterocycles. The number of carboxylic acids is 1. The fourth-order valence-corrected chi connectivity index (χ4v) is 3.31. The van der Waals surface area contributed by atoms with Crippen molar-refractivity contribution in [1.29, 1.82) is 0 Å². The summed E-state index contributed by atoms with van der Waals surface area (Å²) >= 11 is 0. The average molecular weight is 412 g/mol. The number of aromatic hydroxyl groups is 1. The molecular weight excluding hydrogens is 388 g/mol. The van der Waals surface area contributed by atoms with E-state index in [1.54, 1.807) is 29.2 Å². The number of carbonyl (C=O) groups is 3. The number of amides is 2. The van der Waals surface area contributed by atoms with Crippen molar-refractivity contribution in [1.82, 2.24) is 4.90 Å². The van der Waals surface area contributed by atoms with Crippen molar-refractivity contribution in [2.75, 3.05) is 25.0 Å². The molecule has 8 heteroatoms. The molecule has 1 aliphatic heterocycles. The minimum atomic E-state index is -1.31. The Morgan fingerprint density at radius 3 is 2.37 bits per heavy atom. The van der Waals surface area contributed by atoms with Crippen LogP contribution in [-0.4, -0.2) is 52.6 Å². The SMILES string of the molecule is O=C(O)c1cc(NC(=O)c2ccccc2OCC(=O)N2CCCCCC2)ccc1O. The van der Waals surface area contributed by atoms with Crippen molar-refractivity contribution in [3.05, 3.63) is 53.6 Å². The molecule has 0 bridgehead atoms. The number of nitrogens with zero attached hydrogens (tertiary/aromatic N) is 1. The third-order valence-corrected chi connectivity index (χ3v) is 4.93. The highest BCUT2D eigenvalue weighted by Crippen LogP contribution is 2.24. The summed E-state index contributed by atoms with van der Waals surface area (Å²) in [7, 11) is 0. The van der Waals surface area contributed by atoms with Crippen LogP contribution < -0.4 is 10.1 Å². The van der Waals surface area contributed by atoms with Crippen LogP contribution in [0.25, 0.3) is 0 Å². The summed E-state index contributed by atoms with van der Waals surface area (Å²) in [6, 6.07) is 10.3. The van der Waals surface area contributed by atoms with Gasteiger partial charge in [-0.25, -0.2) is 4.79 Å². The predicted molar refractivity (Wildman–Crippen MR) is 110 cm³/mol. The van der Waals surface area contributed by atoms with Gasteiger partial charge >= 0.3 is 5.97 Å². The van der Waals surface area contributed by atoms with E-state index in [0.717, 1.165) is 38.8 Å². The number of carbonyl (C=O) groups excluding carboxylic acids is 2. The van der Waals surface area contributed by atoms with E-state index in [1.165, 1.54) is 18.2 Å². The lowest BCUT2D eigenvalue weighted by atomic mass is 10.1. The summed E-state index contributed by atoms with van der Waals surface area (Å²) in [6.07, 6.45) is 4.20. The Kier molecular flexibility index (Phi) is 6.90. The first kappa shape index (κ1) is 21.2. The maximum Gasteiger partial charge on any atom is 0.339 e. The molecule has 30 heavy (non-hydrogen) atoms. The molecule has 2 aromatic rings. The summed E-state index contributed by atoms with van der Waals surface area (Å²) < 4.78 is 5.65. The Morgan fingerprint density at radius 2 is 1.67 bits per heavy atom. The number of anilines is 1. The van der Waals surface area contributed by atoms with E-state index in [2.05, 4.69) is 5.32 Å². The number of aromatic carboxylic acids is 1. The van der Waals surface area contributed by atoms with Gasteiger partial charge in [-0.15, -0.1) is 0 Å². The van der Waals surface area contributed by atoms with Crippen molar-refractivity contribution in [2.45, 2.75) is 25.7 Å². The van der Waals surface area contributed by atoms with Gasteiger partial charge in [0.25, 0.3) is 11.8 Å². The van der Waals surface area contributed by atoms with Crippen molar-refractivity contribution in [3.8, 4) is 11.5 Å². The van der Waals surface area contributed by atoms with E-state index in [1.807, 2.05) is 0 Å². The van der Waals surface area contributed by atoms with Gasteiger partial charge in [0.2, 0.25) is 0 Å². The second-order valence-electron chi connectivity index (χ2n) is 7.07. The molecule has 0 aromatic heterocycles. The number of carboxylic acid groups (broad SMARTS) is 1. The zero-order valence-electron chi connectivity index (χ0n) is 16.5. The molecule has 0 radical (unpaired) electrons. The van der Waals surface area contributed by atoms with Crippen LogP contribution in [0.3, 0.4) is 0 Å². The molecule has 158 valence electrons. The molecule has 0 saturated carbocycles. The second kappa shape index (κ2) is 9.78. The molecule has 2 amide bonds. The van der Waals surface area contributed by atoms with E-state index in [9.17, 15) is 19.5 Å². The maximum atomic E-state index is 12.7. The second-order valence-corrected chi connectivity index (χ2v) is 7.07. The first-order valence-corrected chi connectivity index (χ1v) is 9.83. The lowest BCUT2D eigenvalue weighted by Gasteiger charge is -2.20. The van der Waals surface area contributed by atoms with Gasteiger partial charge in [0, 0.05) is 18.8 Å². The Morgan fingerprint density at radius 1 is 0.967 bits per heavy atom. The monoisotopic (exact) mass is 412 g/mol. The highest BCUT2D eigenvalue weighted by atomic mass is 16.5. The van der Waals surface area contributed by atoms with Crippen LogP contribution in [0.15, 0.2) is 42.5 Å². The van der Waals surface area contributed by atoms with Gasteiger partial charge in [0.15, 0.2) is 6.61 Å². The number of benzene rings is 2. The fourth-order valence-electron chi connectivity index (χ4n) is 3.31. The van der Waals surface area contributed by atoms with Gasteiger partial charge in [-0.3, -0.25) is 9.59 Å². The van der Waals surface area contributed by atoms with Crippen LogP contribution >= 0.6 is 0 Å². The first-order chi connectivity index (χ1) is 14.5. The summed E-state index contributed by atoms with van der Waals surface area (Å²) in [4.78, 5) is 38.1. The molecule has 0 spiro atoms. The zero-order chi connectivity index (χ0) is 21.5. The van der Waals surface area contributed by atoms with Crippen LogP contribution in [0.2, 0.25) is 0 Å². The largest absolute Gasteiger partial charge is 0.507 e. The average Bonchev–Trinajstić information content (AvgIpc) is 3.03. The molecule has 0 aliphatic carbocycles. The first-order valence-electron chi connectivity index (χ1n) is 9.83. The number of hydrogen-bond acceptors (Lipinski definition) is 5. The number of phenols is 1. The quantitative estimate of drug-likeness (QED) is 0.628. The van der Waals surface area contributed by atoms with Crippen molar-refractivity contribution in [3.63, 3.8) is 0 Å². The minimum Gasteiger partial charge on any atom is -0.507 e. The summed E-state index contributed by atoms with van der Waals surface area (Å²) in [5.74, 6) is -2.07. The van der Waals surface area contributed by atoms with Gasteiger partial charge in [0.1, 0.15) is 17.1 Å². The van der Waals surface area contributed by atoms with Gasteiger partial charge in [0.05, 0.1) is 5.56 Å². The van der Waals surface area contributed by atoms with E-state index in [0.29, 0.717) is 0 Å². The Hall–Kier alpha value is -3.55. The van der Waals surface area contributed by atoms with Crippen molar-refractivity contribution in [2.24, 2.45) is 0 Å². The van der Waals surface area contributed by atoms with Crippen LogP contribution in [0, 0.1) is 0 Å². The smallest absolute Gasteiger partial charge is 0.339 e. The Balaban J connectivity index is 1.68. The number of nitrogens with one attached hydrogen (secondary N) is 1. The van der Waals surface area contributed by atoms with Gasteiger partial charge in [-0.2, -0.15) is 0 Å². The zero-order valence-corrected chi connectivity index (χ0v) is 16.5. The van der Waals surface area contributed by atoms with Gasteiger partial charge < -0.3 is 25.2 Å². The third kappa shape index (κ3) is 5.28. The van der Waals surface area contributed by atoms with Crippen LogP contribution in [0.1, 0.15) is 46.4 Å². The standard InChI is InChI=1S/C22H24N2O6/c25-18-10-9-15(13-17(18)22(28)29)23-21(27)16-7-3-4-8-19(16)30-14-20(26)24-11-5-1-2-6-12-24/h3-4,7-10,13,25H,1-2,5-6,11-12,14H2,(H,23,27)(H,28,29). The molecule has 2 aromatic carbocycles. The van der Waals surface area contributed by atoms with Gasteiger partial charge in [-0.05, 0) is 43.2 Å². The lowest BCUT2D eigenvalue weighted by Crippen LogP contribution is -2.35. The summed E-state index contributed by atoms with van der Waals surface area (Å²) in [5.41, 5.74) is 0.108.